The SMILES string of the molecule is Cl.Cl.OC(CN1CCNCC1)Cn1c2ccc(Br)cc2c2cc(Br)ccc21. The van der Waals surface area contributed by atoms with Crippen LogP contribution in [-0.4, -0.2) is 53.4 Å². The van der Waals surface area contributed by atoms with Crippen molar-refractivity contribution in [2.24, 2.45) is 0 Å². The predicted molar refractivity (Wildman–Crippen MR) is 125 cm³/mol. The van der Waals surface area contributed by atoms with Crippen molar-refractivity contribution in [3.05, 3.63) is 45.3 Å². The Balaban J connectivity index is 0.00000131. The van der Waals surface area contributed by atoms with Crippen molar-refractivity contribution in [2.45, 2.75) is 12.6 Å². The van der Waals surface area contributed by atoms with Gasteiger partial charge in [0.1, 0.15) is 0 Å². The van der Waals surface area contributed by atoms with E-state index in [9.17, 15) is 5.11 Å². The van der Waals surface area contributed by atoms with E-state index in [-0.39, 0.29) is 30.9 Å². The first-order valence-electron chi connectivity index (χ1n) is 8.60. The summed E-state index contributed by atoms with van der Waals surface area (Å²) in [5, 5.41) is 16.5. The van der Waals surface area contributed by atoms with E-state index < -0.39 is 0 Å². The summed E-state index contributed by atoms with van der Waals surface area (Å²) in [5.74, 6) is 0. The number of hydrogen-bond acceptors (Lipinski definition) is 3. The lowest BCUT2D eigenvalue weighted by Crippen LogP contribution is -2.46. The molecule has 0 bridgehead atoms. The molecule has 2 aromatic carbocycles. The molecule has 1 aliphatic rings. The second-order valence-electron chi connectivity index (χ2n) is 6.64. The molecule has 1 saturated heterocycles. The number of piperazine rings is 1. The van der Waals surface area contributed by atoms with E-state index in [2.05, 4.69) is 83.0 Å². The van der Waals surface area contributed by atoms with E-state index in [1.165, 1.54) is 10.8 Å². The van der Waals surface area contributed by atoms with Crippen LogP contribution in [0, 0.1) is 0 Å². The van der Waals surface area contributed by atoms with Gasteiger partial charge in [-0.2, -0.15) is 0 Å². The summed E-state index contributed by atoms with van der Waals surface area (Å²) in [4.78, 5) is 2.34. The van der Waals surface area contributed by atoms with Crippen LogP contribution >= 0.6 is 56.7 Å². The van der Waals surface area contributed by atoms with Crippen LogP contribution in [0.15, 0.2) is 45.3 Å². The van der Waals surface area contributed by atoms with E-state index in [1.807, 2.05) is 0 Å². The number of fused-ring (bicyclic) bond motifs is 3. The number of benzene rings is 2. The predicted octanol–water partition coefficient (Wildman–Crippen LogP) is 4.43. The van der Waals surface area contributed by atoms with Crippen molar-refractivity contribution in [3.8, 4) is 0 Å². The fourth-order valence-electron chi connectivity index (χ4n) is 3.71. The van der Waals surface area contributed by atoms with Gasteiger partial charge in [0.25, 0.3) is 0 Å². The van der Waals surface area contributed by atoms with Crippen molar-refractivity contribution in [1.29, 1.82) is 0 Å². The number of nitrogens with zero attached hydrogens (tertiary/aromatic N) is 2. The summed E-state index contributed by atoms with van der Waals surface area (Å²) in [5.41, 5.74) is 2.33. The van der Waals surface area contributed by atoms with Gasteiger partial charge in [-0.1, -0.05) is 31.9 Å². The fourth-order valence-corrected chi connectivity index (χ4v) is 4.43. The van der Waals surface area contributed by atoms with Crippen LogP contribution in [-0.2, 0) is 6.54 Å². The van der Waals surface area contributed by atoms with Crippen LogP contribution in [0.1, 0.15) is 0 Å². The molecule has 4 nitrogen and oxygen atoms in total. The summed E-state index contributed by atoms with van der Waals surface area (Å²) in [7, 11) is 0. The zero-order chi connectivity index (χ0) is 17.4. The molecule has 0 aliphatic carbocycles. The highest BCUT2D eigenvalue weighted by Crippen LogP contribution is 2.33. The molecule has 8 heteroatoms. The van der Waals surface area contributed by atoms with E-state index in [0.717, 1.165) is 52.7 Å². The minimum atomic E-state index is -0.385. The Kier molecular flexibility index (Phi) is 8.43. The van der Waals surface area contributed by atoms with Gasteiger partial charge in [0, 0.05) is 63.5 Å². The van der Waals surface area contributed by atoms with Crippen LogP contribution in [0.4, 0.5) is 0 Å². The van der Waals surface area contributed by atoms with Gasteiger partial charge in [0.15, 0.2) is 0 Å². The molecule has 148 valence electrons. The minimum Gasteiger partial charge on any atom is -0.390 e. The third kappa shape index (κ3) is 4.99. The largest absolute Gasteiger partial charge is 0.390 e. The molecular weight excluding hydrogens is 517 g/mol. The van der Waals surface area contributed by atoms with Gasteiger partial charge in [-0.25, -0.2) is 0 Å². The fraction of sp³-hybridized carbons (Fsp3) is 0.368. The van der Waals surface area contributed by atoms with Crippen LogP contribution in [0.5, 0.6) is 0 Å². The molecule has 2 heterocycles. The molecule has 2 N–H and O–H groups in total. The van der Waals surface area contributed by atoms with Gasteiger partial charge in [-0.15, -0.1) is 24.8 Å². The van der Waals surface area contributed by atoms with Gasteiger partial charge in [-0.05, 0) is 36.4 Å². The maximum Gasteiger partial charge on any atom is 0.0845 e. The summed E-state index contributed by atoms with van der Waals surface area (Å²) >= 11 is 7.16. The molecule has 0 amide bonds. The number of aliphatic hydroxyl groups is 1. The van der Waals surface area contributed by atoms with Crippen LogP contribution < -0.4 is 5.32 Å². The van der Waals surface area contributed by atoms with Crippen molar-refractivity contribution < 1.29 is 5.11 Å². The summed E-state index contributed by atoms with van der Waals surface area (Å²) in [6.45, 7) is 5.34. The first kappa shape index (κ1) is 22.9. The first-order valence-corrected chi connectivity index (χ1v) is 10.2. The molecule has 0 saturated carbocycles. The molecule has 3 aromatic rings. The van der Waals surface area contributed by atoms with Crippen molar-refractivity contribution in [1.82, 2.24) is 14.8 Å². The van der Waals surface area contributed by atoms with E-state index in [4.69, 9.17) is 0 Å². The maximum atomic E-state index is 10.7. The Bertz CT molecular complexity index is 853. The number of β-amino-alcohol motifs (C(OH)–C–C–N with tert-alkyl or cyclic N) is 1. The number of aromatic nitrogens is 1. The lowest BCUT2D eigenvalue weighted by molar-refractivity contribution is 0.0936. The highest BCUT2D eigenvalue weighted by molar-refractivity contribution is 9.10. The molecule has 1 aliphatic heterocycles. The van der Waals surface area contributed by atoms with Gasteiger partial charge in [0.05, 0.1) is 12.6 Å². The Hall–Kier alpha value is -0.340. The van der Waals surface area contributed by atoms with Crippen LogP contribution in [0.3, 0.4) is 0 Å². The average Bonchev–Trinajstić information content (AvgIpc) is 2.88. The van der Waals surface area contributed by atoms with Gasteiger partial charge in [-0.3, -0.25) is 4.90 Å². The summed E-state index contributed by atoms with van der Waals surface area (Å²) in [6, 6.07) is 12.7. The monoisotopic (exact) mass is 537 g/mol. The Morgan fingerprint density at radius 3 is 1.93 bits per heavy atom. The highest BCUT2D eigenvalue weighted by atomic mass is 79.9. The van der Waals surface area contributed by atoms with Crippen LogP contribution in [0.2, 0.25) is 0 Å². The number of nitrogens with one attached hydrogen (secondary N) is 1. The average molecular weight is 540 g/mol. The van der Waals surface area contributed by atoms with E-state index in [1.54, 1.807) is 0 Å². The zero-order valence-electron chi connectivity index (χ0n) is 14.7. The quantitative estimate of drug-likeness (QED) is 0.515. The molecule has 27 heavy (non-hydrogen) atoms. The standard InChI is InChI=1S/C19H21Br2N3O.2ClH/c20-13-1-3-18-16(9-13)17-10-14(21)2-4-19(17)24(18)12-15(25)11-23-7-5-22-6-8-23;;/h1-4,9-10,15,22,25H,5-8,11-12H2;2*1H. The zero-order valence-corrected chi connectivity index (χ0v) is 19.5. The molecule has 0 spiro atoms. The van der Waals surface area contributed by atoms with Gasteiger partial charge in [0.2, 0.25) is 0 Å². The van der Waals surface area contributed by atoms with Crippen molar-refractivity contribution in [2.75, 3.05) is 32.7 Å². The topological polar surface area (TPSA) is 40.4 Å². The molecule has 1 fully saturated rings. The lowest BCUT2D eigenvalue weighted by atomic mass is 10.2. The smallest absolute Gasteiger partial charge is 0.0845 e. The normalized spacial score (nSPS) is 16.1. The van der Waals surface area contributed by atoms with E-state index in [0.29, 0.717) is 6.54 Å². The van der Waals surface area contributed by atoms with Gasteiger partial charge >= 0.3 is 0 Å². The maximum absolute atomic E-state index is 10.7. The third-order valence-corrected chi connectivity index (χ3v) is 5.85. The summed E-state index contributed by atoms with van der Waals surface area (Å²) in [6.07, 6.45) is -0.385. The molecular formula is C19H23Br2Cl2N3O. The van der Waals surface area contributed by atoms with E-state index >= 15 is 0 Å². The first-order chi connectivity index (χ1) is 12.1. The second kappa shape index (κ2) is 9.92. The highest BCUT2D eigenvalue weighted by Gasteiger charge is 2.18. The second-order valence-corrected chi connectivity index (χ2v) is 8.47. The van der Waals surface area contributed by atoms with Gasteiger partial charge < -0.3 is 15.0 Å². The molecule has 0 radical (unpaired) electrons. The lowest BCUT2D eigenvalue weighted by Gasteiger charge is -2.29. The van der Waals surface area contributed by atoms with Crippen molar-refractivity contribution >= 4 is 78.5 Å². The molecule has 1 unspecified atom stereocenters. The molecule has 1 aromatic heterocycles. The molecule has 4 rings (SSSR count). The third-order valence-electron chi connectivity index (χ3n) is 4.86. The number of rotatable bonds is 4. The minimum absolute atomic E-state index is 0. The Morgan fingerprint density at radius 1 is 0.889 bits per heavy atom. The number of aliphatic hydroxyl groups excluding tert-OH is 1. The number of hydrogen-bond donors (Lipinski definition) is 2. The molecule has 1 atom stereocenters. The Labute approximate surface area is 188 Å². The number of halogens is 4. The van der Waals surface area contributed by atoms with Crippen LogP contribution in [0.25, 0.3) is 21.8 Å². The van der Waals surface area contributed by atoms with Crippen molar-refractivity contribution in [3.63, 3.8) is 0 Å². The summed E-state index contributed by atoms with van der Waals surface area (Å²) < 4.78 is 4.39. The Morgan fingerprint density at radius 2 is 1.41 bits per heavy atom.